The number of ketones is 2. The highest BCUT2D eigenvalue weighted by Crippen LogP contribution is 2.61. The fourth-order valence-electron chi connectivity index (χ4n) is 5.45. The molecular formula is C21H24O2. The highest BCUT2D eigenvalue weighted by Gasteiger charge is 2.54. The molecule has 2 heteroatoms. The van der Waals surface area contributed by atoms with E-state index in [4.69, 9.17) is 0 Å². The molecule has 0 heterocycles. The smallest absolute Gasteiger partial charge is 0.178 e. The standard InChI is InChI=1S/C21H24O2/c1-12-9-14-11-15(22)10-13(2)21(14,4)17-7-8-20(3)16(19(12)17)5-6-18(20)23/h9-11,16H,5-8H2,1-4H3/t16-,20-,21-/m0/s1. The molecule has 0 spiro atoms. The fraction of sp³-hybridized carbons (Fsp3) is 0.524. The van der Waals surface area contributed by atoms with Gasteiger partial charge in [0.15, 0.2) is 5.78 Å². The van der Waals surface area contributed by atoms with Crippen LogP contribution in [0.1, 0.15) is 53.4 Å². The van der Waals surface area contributed by atoms with Crippen LogP contribution in [-0.4, -0.2) is 11.6 Å². The average Bonchev–Trinajstić information content (AvgIpc) is 2.78. The van der Waals surface area contributed by atoms with Crippen LogP contribution in [-0.2, 0) is 9.59 Å². The van der Waals surface area contributed by atoms with Crippen LogP contribution in [0, 0.1) is 16.7 Å². The van der Waals surface area contributed by atoms with Crippen LogP contribution in [0.25, 0.3) is 0 Å². The molecule has 4 aliphatic carbocycles. The molecule has 0 aromatic carbocycles. The highest BCUT2D eigenvalue weighted by molar-refractivity contribution is 6.03. The van der Waals surface area contributed by atoms with E-state index in [0.29, 0.717) is 11.7 Å². The van der Waals surface area contributed by atoms with Crippen LogP contribution in [0.4, 0.5) is 0 Å². The largest absolute Gasteiger partial charge is 0.299 e. The van der Waals surface area contributed by atoms with Gasteiger partial charge in [0, 0.05) is 17.3 Å². The Morgan fingerprint density at radius 2 is 1.78 bits per heavy atom. The second-order valence-corrected chi connectivity index (χ2v) is 8.11. The zero-order chi connectivity index (χ0) is 16.6. The van der Waals surface area contributed by atoms with Crippen molar-refractivity contribution in [2.75, 3.05) is 0 Å². The Kier molecular flexibility index (Phi) is 2.87. The lowest BCUT2D eigenvalue weighted by Crippen LogP contribution is -2.40. The summed E-state index contributed by atoms with van der Waals surface area (Å²) in [5.41, 5.74) is 6.09. The molecule has 0 amide bonds. The van der Waals surface area contributed by atoms with Gasteiger partial charge < -0.3 is 0 Å². The van der Waals surface area contributed by atoms with Gasteiger partial charge in [0.1, 0.15) is 5.78 Å². The van der Waals surface area contributed by atoms with E-state index in [-0.39, 0.29) is 16.6 Å². The summed E-state index contributed by atoms with van der Waals surface area (Å²) in [5, 5.41) is 0. The molecule has 3 atom stereocenters. The van der Waals surface area contributed by atoms with Gasteiger partial charge in [0.2, 0.25) is 0 Å². The van der Waals surface area contributed by atoms with Gasteiger partial charge in [0.05, 0.1) is 0 Å². The molecule has 0 unspecified atom stereocenters. The molecule has 0 radical (unpaired) electrons. The number of hydrogen-bond donors (Lipinski definition) is 0. The number of rotatable bonds is 0. The van der Waals surface area contributed by atoms with E-state index in [2.05, 4.69) is 33.8 Å². The number of carbonyl (C=O) groups excluding carboxylic acids is 2. The van der Waals surface area contributed by atoms with Gasteiger partial charge in [-0.25, -0.2) is 0 Å². The number of fused-ring (bicyclic) bond motifs is 4. The van der Waals surface area contributed by atoms with Crippen molar-refractivity contribution in [2.24, 2.45) is 16.7 Å². The second-order valence-electron chi connectivity index (χ2n) is 8.11. The Balaban J connectivity index is 1.94. The van der Waals surface area contributed by atoms with Gasteiger partial charge in [-0.15, -0.1) is 0 Å². The van der Waals surface area contributed by atoms with Crippen molar-refractivity contribution in [2.45, 2.75) is 53.4 Å². The van der Waals surface area contributed by atoms with Gasteiger partial charge in [-0.1, -0.05) is 24.1 Å². The van der Waals surface area contributed by atoms with Gasteiger partial charge in [-0.3, -0.25) is 9.59 Å². The minimum atomic E-state index is -0.173. The first-order valence-corrected chi connectivity index (χ1v) is 8.69. The van der Waals surface area contributed by atoms with Crippen molar-refractivity contribution in [3.05, 3.63) is 46.1 Å². The van der Waals surface area contributed by atoms with Gasteiger partial charge >= 0.3 is 0 Å². The van der Waals surface area contributed by atoms with E-state index >= 15 is 0 Å². The zero-order valence-corrected chi connectivity index (χ0v) is 14.5. The number of carbonyl (C=O) groups is 2. The van der Waals surface area contributed by atoms with Gasteiger partial charge in [-0.2, -0.15) is 0 Å². The van der Waals surface area contributed by atoms with Crippen molar-refractivity contribution in [3.8, 4) is 0 Å². The van der Waals surface area contributed by atoms with E-state index in [0.717, 1.165) is 36.8 Å². The Morgan fingerprint density at radius 3 is 2.52 bits per heavy atom. The Morgan fingerprint density at radius 1 is 1.04 bits per heavy atom. The van der Waals surface area contributed by atoms with E-state index in [1.807, 2.05) is 0 Å². The molecule has 4 aliphatic rings. The summed E-state index contributed by atoms with van der Waals surface area (Å²) in [6, 6.07) is 0. The first kappa shape index (κ1) is 14.9. The quantitative estimate of drug-likeness (QED) is 0.661. The number of hydrogen-bond acceptors (Lipinski definition) is 2. The second kappa shape index (κ2) is 4.43. The monoisotopic (exact) mass is 308 g/mol. The molecule has 23 heavy (non-hydrogen) atoms. The lowest BCUT2D eigenvalue weighted by molar-refractivity contribution is -0.126. The summed E-state index contributed by atoms with van der Waals surface area (Å²) < 4.78 is 0. The van der Waals surface area contributed by atoms with Crippen molar-refractivity contribution in [3.63, 3.8) is 0 Å². The molecule has 4 rings (SSSR count). The van der Waals surface area contributed by atoms with E-state index < -0.39 is 0 Å². The predicted octanol–water partition coefficient (Wildman–Crippen LogP) is 4.48. The minimum absolute atomic E-state index is 0.0970. The third-order valence-corrected chi connectivity index (χ3v) is 7.06. The van der Waals surface area contributed by atoms with E-state index in [9.17, 15) is 9.59 Å². The molecule has 0 saturated heterocycles. The molecule has 1 saturated carbocycles. The number of Topliss-reactive ketones (excluding diaryl/α,β-unsaturated/α-hetero) is 1. The molecule has 1 fully saturated rings. The lowest BCUT2D eigenvalue weighted by Gasteiger charge is -2.48. The zero-order valence-electron chi connectivity index (χ0n) is 14.5. The fourth-order valence-corrected chi connectivity index (χ4v) is 5.45. The molecule has 0 N–H and O–H groups in total. The maximum absolute atomic E-state index is 12.5. The summed E-state index contributed by atoms with van der Waals surface area (Å²) in [5.74, 6) is 0.901. The van der Waals surface area contributed by atoms with Crippen molar-refractivity contribution in [1.29, 1.82) is 0 Å². The molecule has 2 nitrogen and oxygen atoms in total. The predicted molar refractivity (Wildman–Crippen MR) is 90.8 cm³/mol. The molecular weight excluding hydrogens is 284 g/mol. The third kappa shape index (κ3) is 1.70. The summed E-state index contributed by atoms with van der Waals surface area (Å²) in [6.07, 6.45) is 9.40. The molecule has 0 aromatic rings. The van der Waals surface area contributed by atoms with Crippen molar-refractivity contribution < 1.29 is 9.59 Å². The van der Waals surface area contributed by atoms with Crippen molar-refractivity contribution >= 4 is 11.6 Å². The molecule has 120 valence electrons. The summed E-state index contributed by atoms with van der Waals surface area (Å²) in [7, 11) is 0. The van der Waals surface area contributed by atoms with Crippen molar-refractivity contribution in [1.82, 2.24) is 0 Å². The number of allylic oxidation sites excluding steroid dienone is 8. The highest BCUT2D eigenvalue weighted by atomic mass is 16.1. The summed E-state index contributed by atoms with van der Waals surface area (Å²) >= 11 is 0. The van der Waals surface area contributed by atoms with Crippen LogP contribution in [0.15, 0.2) is 46.1 Å². The average molecular weight is 308 g/mol. The topological polar surface area (TPSA) is 34.1 Å². The maximum atomic E-state index is 12.5. The Hall–Kier alpha value is -1.70. The summed E-state index contributed by atoms with van der Waals surface area (Å²) in [6.45, 7) is 8.67. The third-order valence-electron chi connectivity index (χ3n) is 7.06. The van der Waals surface area contributed by atoms with E-state index in [1.165, 1.54) is 16.7 Å². The van der Waals surface area contributed by atoms with Gasteiger partial charge in [-0.05, 0) is 74.8 Å². The lowest BCUT2D eigenvalue weighted by atomic mass is 9.54. The minimum Gasteiger partial charge on any atom is -0.299 e. The normalized spacial score (nSPS) is 39.3. The first-order chi connectivity index (χ1) is 10.8. The van der Waals surface area contributed by atoms with Crippen LogP contribution >= 0.6 is 0 Å². The van der Waals surface area contributed by atoms with Crippen LogP contribution in [0.3, 0.4) is 0 Å². The molecule has 0 bridgehead atoms. The van der Waals surface area contributed by atoms with Gasteiger partial charge in [0.25, 0.3) is 0 Å². The van der Waals surface area contributed by atoms with E-state index in [1.54, 1.807) is 12.2 Å². The summed E-state index contributed by atoms with van der Waals surface area (Å²) in [4.78, 5) is 24.4. The van der Waals surface area contributed by atoms with Crippen LogP contribution in [0.5, 0.6) is 0 Å². The molecule has 0 aromatic heterocycles. The maximum Gasteiger partial charge on any atom is 0.178 e. The first-order valence-electron chi connectivity index (χ1n) is 8.69. The Labute approximate surface area is 138 Å². The SMILES string of the molecule is CC1=CC2=CC(=O)C=C(C)[C@]2(C)C2=C1[C@@H]1CCC(=O)[C@@]1(C)CC2. The van der Waals surface area contributed by atoms with Crippen LogP contribution < -0.4 is 0 Å². The van der Waals surface area contributed by atoms with Crippen LogP contribution in [0.2, 0.25) is 0 Å². The Bertz CT molecular complexity index is 774. The molecule has 0 aliphatic heterocycles.